The average molecular weight is 271 g/mol. The highest BCUT2D eigenvalue weighted by Gasteiger charge is 2.31. The summed E-state index contributed by atoms with van der Waals surface area (Å²) in [6, 6.07) is 0.141. The van der Waals surface area contributed by atoms with E-state index in [1.54, 1.807) is 4.90 Å². The predicted molar refractivity (Wildman–Crippen MR) is 72.6 cm³/mol. The van der Waals surface area contributed by atoms with Gasteiger partial charge in [0, 0.05) is 32.1 Å². The van der Waals surface area contributed by atoms with Crippen LogP contribution in [0.2, 0.25) is 0 Å². The molecule has 1 fully saturated rings. The van der Waals surface area contributed by atoms with Crippen LogP contribution in [0.3, 0.4) is 0 Å². The molecular weight excluding hydrogens is 246 g/mol. The lowest BCUT2D eigenvalue weighted by Crippen LogP contribution is -2.44. The Kier molecular flexibility index (Phi) is 5.60. The number of carbonyl (C=O) groups excluding carboxylic acids is 2. The third-order valence-electron chi connectivity index (χ3n) is 2.93. The number of nitrogens with zero attached hydrogens (tertiary/aromatic N) is 1. The first-order chi connectivity index (χ1) is 8.79. The number of amides is 2. The second-order valence-electron chi connectivity index (χ2n) is 5.89. The molecule has 6 heteroatoms. The molecule has 0 saturated carbocycles. The van der Waals surface area contributed by atoms with Gasteiger partial charge in [0.1, 0.15) is 5.60 Å². The highest BCUT2D eigenvalue weighted by atomic mass is 16.6. The van der Waals surface area contributed by atoms with Gasteiger partial charge in [0.15, 0.2) is 0 Å². The minimum atomic E-state index is -0.469. The standard InChI is InChI=1S/C13H25N3O3/c1-13(2,3)19-12(18)16-8-4-5-10(16)9-15-7-6-11(14)17/h10,15H,4-9H2,1-3H3,(H2,14,17). The molecule has 2 amide bonds. The second kappa shape index (κ2) is 6.75. The Bertz CT molecular complexity index is 326. The SMILES string of the molecule is CC(C)(C)OC(=O)N1CCCC1CNCCC(N)=O. The summed E-state index contributed by atoms with van der Waals surface area (Å²) in [7, 11) is 0. The fourth-order valence-electron chi connectivity index (χ4n) is 2.09. The lowest BCUT2D eigenvalue weighted by Gasteiger charge is -2.28. The number of hydrogen-bond donors (Lipinski definition) is 2. The molecule has 0 aliphatic carbocycles. The van der Waals surface area contributed by atoms with E-state index in [0.717, 1.165) is 19.4 Å². The number of primary amides is 1. The van der Waals surface area contributed by atoms with Crippen LogP contribution in [0.5, 0.6) is 0 Å². The molecule has 6 nitrogen and oxygen atoms in total. The minimum absolute atomic E-state index is 0.141. The maximum absolute atomic E-state index is 12.0. The summed E-state index contributed by atoms with van der Waals surface area (Å²) in [5.41, 5.74) is 4.60. The van der Waals surface area contributed by atoms with Crippen molar-refractivity contribution in [2.45, 2.75) is 51.7 Å². The predicted octanol–water partition coefficient (Wildman–Crippen LogP) is 0.851. The molecule has 110 valence electrons. The van der Waals surface area contributed by atoms with Crippen LogP contribution in [-0.2, 0) is 9.53 Å². The third kappa shape index (κ3) is 5.92. The number of likely N-dealkylation sites (tertiary alicyclic amines) is 1. The molecule has 19 heavy (non-hydrogen) atoms. The normalized spacial score (nSPS) is 19.5. The molecule has 1 atom stereocenters. The van der Waals surface area contributed by atoms with Crippen molar-refractivity contribution < 1.29 is 14.3 Å². The van der Waals surface area contributed by atoms with E-state index in [2.05, 4.69) is 5.32 Å². The Morgan fingerprint density at radius 1 is 1.42 bits per heavy atom. The number of nitrogens with one attached hydrogen (secondary N) is 1. The molecule has 0 aromatic heterocycles. The fraction of sp³-hybridized carbons (Fsp3) is 0.846. The van der Waals surface area contributed by atoms with Crippen molar-refractivity contribution in [3.05, 3.63) is 0 Å². The van der Waals surface area contributed by atoms with Gasteiger partial charge in [0.25, 0.3) is 0 Å². The van der Waals surface area contributed by atoms with Gasteiger partial charge in [0.05, 0.1) is 0 Å². The first-order valence-corrected chi connectivity index (χ1v) is 6.78. The summed E-state index contributed by atoms with van der Waals surface area (Å²) in [4.78, 5) is 24.4. The van der Waals surface area contributed by atoms with E-state index in [4.69, 9.17) is 10.5 Å². The molecule has 0 bridgehead atoms. The Labute approximate surface area is 114 Å². The highest BCUT2D eigenvalue weighted by Crippen LogP contribution is 2.20. The summed E-state index contributed by atoms with van der Waals surface area (Å²) in [5.74, 6) is -0.317. The van der Waals surface area contributed by atoms with Gasteiger partial charge in [-0.3, -0.25) is 4.79 Å². The maximum atomic E-state index is 12.0. The van der Waals surface area contributed by atoms with Gasteiger partial charge < -0.3 is 20.7 Å². The summed E-state index contributed by atoms with van der Waals surface area (Å²) in [6.45, 7) is 7.54. The molecular formula is C13H25N3O3. The number of carbonyl (C=O) groups is 2. The molecule has 0 aromatic carbocycles. The lowest BCUT2D eigenvalue weighted by molar-refractivity contribution is -0.117. The Hall–Kier alpha value is -1.30. The summed E-state index contributed by atoms with van der Waals surface area (Å²) in [5, 5.41) is 3.16. The molecule has 1 rings (SSSR count). The third-order valence-corrected chi connectivity index (χ3v) is 2.93. The van der Waals surface area contributed by atoms with Gasteiger partial charge >= 0.3 is 6.09 Å². The maximum Gasteiger partial charge on any atom is 0.410 e. The van der Waals surface area contributed by atoms with Gasteiger partial charge in [0.2, 0.25) is 5.91 Å². The van der Waals surface area contributed by atoms with Crippen LogP contribution in [-0.4, -0.2) is 48.2 Å². The van der Waals surface area contributed by atoms with E-state index in [1.807, 2.05) is 20.8 Å². The summed E-state index contributed by atoms with van der Waals surface area (Å²) < 4.78 is 5.38. The Morgan fingerprint density at radius 3 is 2.68 bits per heavy atom. The largest absolute Gasteiger partial charge is 0.444 e. The van der Waals surface area contributed by atoms with E-state index in [1.165, 1.54) is 0 Å². The van der Waals surface area contributed by atoms with Crippen LogP contribution in [0.4, 0.5) is 4.79 Å². The van der Waals surface area contributed by atoms with E-state index in [0.29, 0.717) is 19.5 Å². The van der Waals surface area contributed by atoms with Gasteiger partial charge in [-0.25, -0.2) is 4.79 Å². The smallest absolute Gasteiger partial charge is 0.410 e. The number of rotatable bonds is 5. The van der Waals surface area contributed by atoms with E-state index >= 15 is 0 Å². The average Bonchev–Trinajstić information content (AvgIpc) is 2.69. The van der Waals surface area contributed by atoms with Crippen molar-refractivity contribution in [3.8, 4) is 0 Å². The highest BCUT2D eigenvalue weighted by molar-refractivity contribution is 5.73. The molecule has 1 aliphatic heterocycles. The monoisotopic (exact) mass is 271 g/mol. The van der Waals surface area contributed by atoms with Crippen molar-refractivity contribution in [1.29, 1.82) is 0 Å². The molecule has 1 unspecified atom stereocenters. The fourth-order valence-corrected chi connectivity index (χ4v) is 2.09. The van der Waals surface area contributed by atoms with Crippen LogP contribution in [0.15, 0.2) is 0 Å². The van der Waals surface area contributed by atoms with Crippen LogP contribution in [0.1, 0.15) is 40.0 Å². The van der Waals surface area contributed by atoms with Crippen molar-refractivity contribution in [1.82, 2.24) is 10.2 Å². The van der Waals surface area contributed by atoms with E-state index in [-0.39, 0.29) is 18.0 Å². The Morgan fingerprint density at radius 2 is 2.11 bits per heavy atom. The van der Waals surface area contributed by atoms with Gasteiger partial charge in [-0.1, -0.05) is 0 Å². The van der Waals surface area contributed by atoms with Crippen LogP contribution in [0.25, 0.3) is 0 Å². The van der Waals surface area contributed by atoms with Gasteiger partial charge in [-0.05, 0) is 33.6 Å². The lowest BCUT2D eigenvalue weighted by atomic mass is 10.2. The van der Waals surface area contributed by atoms with Crippen molar-refractivity contribution in [3.63, 3.8) is 0 Å². The zero-order valence-corrected chi connectivity index (χ0v) is 12.1. The van der Waals surface area contributed by atoms with Gasteiger partial charge in [-0.2, -0.15) is 0 Å². The topological polar surface area (TPSA) is 84.7 Å². The molecule has 1 saturated heterocycles. The molecule has 3 N–H and O–H groups in total. The first-order valence-electron chi connectivity index (χ1n) is 6.78. The first kappa shape index (κ1) is 15.8. The molecule has 0 aromatic rings. The van der Waals surface area contributed by atoms with Crippen molar-refractivity contribution in [2.75, 3.05) is 19.6 Å². The van der Waals surface area contributed by atoms with Crippen molar-refractivity contribution >= 4 is 12.0 Å². The van der Waals surface area contributed by atoms with Crippen LogP contribution >= 0.6 is 0 Å². The van der Waals surface area contributed by atoms with Crippen LogP contribution < -0.4 is 11.1 Å². The second-order valence-corrected chi connectivity index (χ2v) is 5.89. The summed E-state index contributed by atoms with van der Waals surface area (Å²) >= 11 is 0. The Balaban J connectivity index is 2.37. The number of nitrogens with two attached hydrogens (primary N) is 1. The zero-order chi connectivity index (χ0) is 14.5. The van der Waals surface area contributed by atoms with Gasteiger partial charge in [-0.15, -0.1) is 0 Å². The quantitative estimate of drug-likeness (QED) is 0.726. The zero-order valence-electron chi connectivity index (χ0n) is 12.1. The molecule has 1 aliphatic rings. The molecule has 0 radical (unpaired) electrons. The summed E-state index contributed by atoms with van der Waals surface area (Å²) in [6.07, 6.45) is 2.01. The van der Waals surface area contributed by atoms with E-state index < -0.39 is 5.60 Å². The minimum Gasteiger partial charge on any atom is -0.444 e. The van der Waals surface area contributed by atoms with Crippen molar-refractivity contribution in [2.24, 2.45) is 5.73 Å². The number of hydrogen-bond acceptors (Lipinski definition) is 4. The number of ether oxygens (including phenoxy) is 1. The molecule has 1 heterocycles. The van der Waals surface area contributed by atoms with E-state index in [9.17, 15) is 9.59 Å². The van der Waals surface area contributed by atoms with Crippen LogP contribution in [0, 0.1) is 0 Å². The molecule has 0 spiro atoms.